The van der Waals surface area contributed by atoms with Crippen LogP contribution in [-0.4, -0.2) is 4.98 Å². The van der Waals surface area contributed by atoms with Gasteiger partial charge >= 0.3 is 0 Å². The monoisotopic (exact) mass is 147 g/mol. The number of nitrogens with two attached hydrogens (primary N) is 1. The average molecular weight is 147 g/mol. The van der Waals surface area contributed by atoms with Gasteiger partial charge in [-0.15, -0.1) is 0 Å². The van der Waals surface area contributed by atoms with Crippen molar-refractivity contribution in [3.05, 3.63) is 23.4 Å². The van der Waals surface area contributed by atoms with Crippen LogP contribution in [0, 0.1) is 6.07 Å². The molecule has 57 valence electrons. The molecule has 1 aromatic heterocycles. The largest absolute Gasteiger partial charge is 0.383 e. The van der Waals surface area contributed by atoms with E-state index in [2.05, 4.69) is 11.1 Å². The normalized spacial score (nSPS) is 16.0. The number of hydrogen-bond acceptors (Lipinski definition) is 2. The summed E-state index contributed by atoms with van der Waals surface area (Å²) in [6, 6.07) is 4.91. The molecular weight excluding hydrogens is 136 g/mol. The quantitative estimate of drug-likeness (QED) is 0.601. The molecule has 2 heteroatoms. The topological polar surface area (TPSA) is 38.9 Å². The van der Waals surface area contributed by atoms with Gasteiger partial charge in [0, 0.05) is 11.8 Å². The van der Waals surface area contributed by atoms with Crippen molar-refractivity contribution in [2.24, 2.45) is 0 Å². The van der Waals surface area contributed by atoms with Crippen molar-refractivity contribution in [2.75, 3.05) is 5.73 Å². The highest BCUT2D eigenvalue weighted by molar-refractivity contribution is 5.33. The Bertz CT molecular complexity index is 268. The van der Waals surface area contributed by atoms with E-state index in [1.54, 1.807) is 0 Å². The standard InChI is InChI=1S/C9H11N2/c10-9-6-5-7-3-1-2-4-8(7)11-9/h5H,1-4H2,(H2,10,11). The van der Waals surface area contributed by atoms with Crippen LogP contribution in [0.4, 0.5) is 5.82 Å². The van der Waals surface area contributed by atoms with E-state index >= 15 is 0 Å². The van der Waals surface area contributed by atoms with E-state index in [4.69, 9.17) is 5.73 Å². The zero-order valence-electron chi connectivity index (χ0n) is 6.43. The number of pyridine rings is 1. The maximum absolute atomic E-state index is 5.52. The van der Waals surface area contributed by atoms with Gasteiger partial charge in [-0.05, 0) is 37.3 Å². The third kappa shape index (κ3) is 1.20. The summed E-state index contributed by atoms with van der Waals surface area (Å²) in [6.45, 7) is 0. The van der Waals surface area contributed by atoms with E-state index in [-0.39, 0.29) is 0 Å². The van der Waals surface area contributed by atoms with Crippen LogP contribution in [0.5, 0.6) is 0 Å². The molecule has 0 fully saturated rings. The fourth-order valence-electron chi connectivity index (χ4n) is 1.53. The van der Waals surface area contributed by atoms with Crippen molar-refractivity contribution in [3.63, 3.8) is 0 Å². The molecule has 0 aromatic carbocycles. The molecule has 0 unspecified atom stereocenters. The molecule has 0 spiro atoms. The van der Waals surface area contributed by atoms with Crippen LogP contribution in [0.1, 0.15) is 24.1 Å². The minimum absolute atomic E-state index is 0.533. The minimum Gasteiger partial charge on any atom is -0.383 e. The van der Waals surface area contributed by atoms with Crippen LogP contribution >= 0.6 is 0 Å². The molecule has 0 saturated carbocycles. The van der Waals surface area contributed by atoms with Crippen molar-refractivity contribution in [1.82, 2.24) is 4.98 Å². The maximum Gasteiger partial charge on any atom is 0.131 e. The maximum atomic E-state index is 5.52. The van der Waals surface area contributed by atoms with E-state index < -0.39 is 0 Å². The first-order valence-electron chi connectivity index (χ1n) is 4.02. The van der Waals surface area contributed by atoms with E-state index in [1.807, 2.05) is 6.07 Å². The van der Waals surface area contributed by atoms with E-state index in [0.717, 1.165) is 12.8 Å². The Labute approximate surface area is 66.4 Å². The second-order valence-electron chi connectivity index (χ2n) is 2.96. The molecule has 1 aliphatic rings. The number of aryl methyl sites for hydroxylation is 2. The predicted octanol–water partition coefficient (Wildman–Crippen LogP) is 1.34. The molecule has 0 saturated heterocycles. The molecule has 2 N–H and O–H groups in total. The molecule has 1 aromatic rings. The summed E-state index contributed by atoms with van der Waals surface area (Å²) in [6.07, 6.45) is 4.78. The number of anilines is 1. The first kappa shape index (κ1) is 6.65. The number of nitrogen functional groups attached to an aromatic ring is 1. The summed E-state index contributed by atoms with van der Waals surface area (Å²) < 4.78 is 0. The summed E-state index contributed by atoms with van der Waals surface area (Å²) in [5.41, 5.74) is 8.04. The van der Waals surface area contributed by atoms with E-state index in [1.165, 1.54) is 24.1 Å². The Morgan fingerprint density at radius 1 is 1.36 bits per heavy atom. The lowest BCUT2D eigenvalue weighted by atomic mass is 9.96. The molecule has 0 aliphatic heterocycles. The summed E-state index contributed by atoms with van der Waals surface area (Å²) in [5.74, 6) is 0.533. The fraction of sp³-hybridized carbons (Fsp3) is 0.444. The first-order valence-corrected chi connectivity index (χ1v) is 4.02. The Morgan fingerprint density at radius 3 is 3.09 bits per heavy atom. The fourth-order valence-corrected chi connectivity index (χ4v) is 1.53. The Balaban J connectivity index is 2.43. The van der Waals surface area contributed by atoms with Gasteiger partial charge in [-0.2, -0.15) is 0 Å². The molecule has 1 heterocycles. The van der Waals surface area contributed by atoms with Crippen molar-refractivity contribution < 1.29 is 0 Å². The van der Waals surface area contributed by atoms with Gasteiger partial charge in [-0.25, -0.2) is 4.98 Å². The summed E-state index contributed by atoms with van der Waals surface area (Å²) in [4.78, 5) is 4.24. The van der Waals surface area contributed by atoms with Crippen LogP contribution in [0.25, 0.3) is 0 Å². The third-order valence-corrected chi connectivity index (χ3v) is 2.13. The molecule has 0 bridgehead atoms. The lowest BCUT2D eigenvalue weighted by molar-refractivity contribution is 0.668. The predicted molar refractivity (Wildman–Crippen MR) is 44.1 cm³/mol. The van der Waals surface area contributed by atoms with Crippen molar-refractivity contribution >= 4 is 5.82 Å². The van der Waals surface area contributed by atoms with Gasteiger partial charge in [0.15, 0.2) is 0 Å². The highest BCUT2D eigenvalue weighted by Gasteiger charge is 2.09. The second kappa shape index (κ2) is 2.53. The van der Waals surface area contributed by atoms with Crippen molar-refractivity contribution in [1.29, 1.82) is 0 Å². The highest BCUT2D eigenvalue weighted by Crippen LogP contribution is 2.19. The van der Waals surface area contributed by atoms with Crippen LogP contribution in [0.2, 0.25) is 0 Å². The zero-order chi connectivity index (χ0) is 7.68. The highest BCUT2D eigenvalue weighted by atomic mass is 14.8. The summed E-state index contributed by atoms with van der Waals surface area (Å²) in [5, 5.41) is 0. The van der Waals surface area contributed by atoms with E-state index in [0.29, 0.717) is 5.82 Å². The third-order valence-electron chi connectivity index (χ3n) is 2.13. The molecule has 0 amide bonds. The lowest BCUT2D eigenvalue weighted by Crippen LogP contribution is -2.06. The minimum atomic E-state index is 0.533. The number of rotatable bonds is 0. The van der Waals surface area contributed by atoms with Gasteiger partial charge in [0.25, 0.3) is 0 Å². The molecular formula is C9H11N2. The van der Waals surface area contributed by atoms with Crippen LogP contribution in [0.15, 0.2) is 6.07 Å². The molecule has 11 heavy (non-hydrogen) atoms. The van der Waals surface area contributed by atoms with Gasteiger partial charge < -0.3 is 5.73 Å². The molecule has 2 nitrogen and oxygen atoms in total. The Hall–Kier alpha value is -1.05. The number of aromatic nitrogens is 1. The Kier molecular flexibility index (Phi) is 1.53. The molecule has 1 radical (unpaired) electrons. The van der Waals surface area contributed by atoms with Crippen LogP contribution < -0.4 is 5.73 Å². The Morgan fingerprint density at radius 2 is 2.18 bits per heavy atom. The lowest BCUT2D eigenvalue weighted by Gasteiger charge is -2.13. The summed E-state index contributed by atoms with van der Waals surface area (Å²) in [7, 11) is 0. The van der Waals surface area contributed by atoms with Gasteiger partial charge in [-0.3, -0.25) is 0 Å². The molecule has 0 atom stereocenters. The number of fused-ring (bicyclic) bond motifs is 1. The van der Waals surface area contributed by atoms with Crippen molar-refractivity contribution in [2.45, 2.75) is 25.7 Å². The zero-order valence-corrected chi connectivity index (χ0v) is 6.43. The van der Waals surface area contributed by atoms with Crippen LogP contribution in [0.3, 0.4) is 0 Å². The molecule has 2 rings (SSSR count). The SMILES string of the molecule is Nc1[c]cc2c(n1)CCCC2. The summed E-state index contributed by atoms with van der Waals surface area (Å²) >= 11 is 0. The van der Waals surface area contributed by atoms with E-state index in [9.17, 15) is 0 Å². The first-order chi connectivity index (χ1) is 5.36. The van der Waals surface area contributed by atoms with Crippen LogP contribution in [-0.2, 0) is 12.8 Å². The number of nitrogens with zero attached hydrogens (tertiary/aromatic N) is 1. The smallest absolute Gasteiger partial charge is 0.131 e. The van der Waals surface area contributed by atoms with Gasteiger partial charge in [0.2, 0.25) is 0 Å². The number of hydrogen-bond donors (Lipinski definition) is 1. The van der Waals surface area contributed by atoms with Crippen molar-refractivity contribution in [3.8, 4) is 0 Å². The molecule has 1 aliphatic carbocycles. The second-order valence-corrected chi connectivity index (χ2v) is 2.96. The average Bonchev–Trinajstić information content (AvgIpc) is 2.04. The van der Waals surface area contributed by atoms with Gasteiger partial charge in [0.1, 0.15) is 5.82 Å². The van der Waals surface area contributed by atoms with Gasteiger partial charge in [0.05, 0.1) is 0 Å². The van der Waals surface area contributed by atoms with Gasteiger partial charge in [-0.1, -0.05) is 0 Å².